The lowest BCUT2D eigenvalue weighted by Crippen LogP contribution is -2.03. The van der Waals surface area contributed by atoms with Crippen molar-refractivity contribution in [3.8, 4) is 0 Å². The molecule has 2 heterocycles. The van der Waals surface area contributed by atoms with Crippen LogP contribution in [0.3, 0.4) is 0 Å². The van der Waals surface area contributed by atoms with Crippen LogP contribution in [0.5, 0.6) is 0 Å². The molecule has 0 saturated heterocycles. The lowest BCUT2D eigenvalue weighted by molar-refractivity contribution is 1.12. The zero-order valence-corrected chi connectivity index (χ0v) is 13.9. The summed E-state index contributed by atoms with van der Waals surface area (Å²) in [6.45, 7) is 1.94. The first kappa shape index (κ1) is 14.7. The molecule has 2 aromatic heterocycles. The van der Waals surface area contributed by atoms with Gasteiger partial charge >= 0.3 is 0 Å². The summed E-state index contributed by atoms with van der Waals surface area (Å²) in [6, 6.07) is 20.2. The third-order valence-corrected chi connectivity index (χ3v) is 4.39. The molecule has 0 saturated carbocycles. The third kappa shape index (κ3) is 2.81. The van der Waals surface area contributed by atoms with Crippen LogP contribution >= 0.6 is 11.3 Å². The van der Waals surface area contributed by atoms with Crippen LogP contribution in [-0.2, 0) is 0 Å². The molecule has 116 valence electrons. The second-order valence-electron chi connectivity index (χ2n) is 5.31. The monoisotopic (exact) mass is 330 g/mol. The first-order chi connectivity index (χ1) is 11.8. The molecule has 0 unspecified atom stereocenters. The summed E-state index contributed by atoms with van der Waals surface area (Å²) in [5, 5.41) is 0. The van der Waals surface area contributed by atoms with Crippen molar-refractivity contribution < 1.29 is 0 Å². The van der Waals surface area contributed by atoms with E-state index in [1.165, 1.54) is 11.3 Å². The van der Waals surface area contributed by atoms with E-state index in [0.29, 0.717) is 5.95 Å². The molecule has 4 rings (SSSR count). The molecule has 0 atom stereocenters. The van der Waals surface area contributed by atoms with Gasteiger partial charge in [-0.25, -0.2) is 15.0 Å². The van der Waals surface area contributed by atoms with Crippen molar-refractivity contribution in [3.05, 3.63) is 83.0 Å². The maximum atomic E-state index is 4.76. The lowest BCUT2D eigenvalue weighted by Gasteiger charge is -2.07. The van der Waals surface area contributed by atoms with Gasteiger partial charge in [0.1, 0.15) is 10.3 Å². The second-order valence-corrected chi connectivity index (χ2v) is 6.14. The van der Waals surface area contributed by atoms with Crippen LogP contribution in [0.1, 0.15) is 16.8 Å². The molecular formula is C19H14N4S. The fourth-order valence-electron chi connectivity index (χ4n) is 2.52. The smallest absolute Gasteiger partial charge is 0.241 e. The van der Waals surface area contributed by atoms with Gasteiger partial charge in [0.25, 0.3) is 5.95 Å². The van der Waals surface area contributed by atoms with E-state index in [1.807, 2.05) is 67.6 Å². The van der Waals surface area contributed by atoms with Gasteiger partial charge in [-0.15, -0.1) is 11.3 Å². The summed E-state index contributed by atoms with van der Waals surface area (Å²) in [5.41, 5.74) is 6.42. The number of hydrogen-bond donors (Lipinski definition) is 0. The van der Waals surface area contributed by atoms with Crippen LogP contribution in [0.4, 0.5) is 5.95 Å². The van der Waals surface area contributed by atoms with E-state index in [1.54, 1.807) is 5.51 Å². The summed E-state index contributed by atoms with van der Waals surface area (Å²) in [6.07, 6.45) is 0. The van der Waals surface area contributed by atoms with Crippen LogP contribution in [0.2, 0.25) is 0 Å². The van der Waals surface area contributed by atoms with Gasteiger partial charge in [-0.2, -0.15) is 4.98 Å². The Morgan fingerprint density at radius 3 is 2.12 bits per heavy atom. The molecule has 24 heavy (non-hydrogen) atoms. The van der Waals surface area contributed by atoms with E-state index < -0.39 is 0 Å². The summed E-state index contributed by atoms with van der Waals surface area (Å²) in [7, 11) is 0. The number of fused-ring (bicyclic) bond motifs is 1. The minimum Gasteiger partial charge on any atom is -0.241 e. The van der Waals surface area contributed by atoms with Crippen molar-refractivity contribution in [3.63, 3.8) is 0 Å². The van der Waals surface area contributed by atoms with E-state index in [-0.39, 0.29) is 0 Å². The van der Waals surface area contributed by atoms with Crippen LogP contribution in [0.25, 0.3) is 10.3 Å². The fourth-order valence-corrected chi connectivity index (χ4v) is 3.23. The van der Waals surface area contributed by atoms with Crippen molar-refractivity contribution in [2.24, 2.45) is 4.99 Å². The molecule has 5 heteroatoms. The maximum Gasteiger partial charge on any atom is 0.251 e. The van der Waals surface area contributed by atoms with Gasteiger partial charge in [0.2, 0.25) is 0 Å². The highest BCUT2D eigenvalue weighted by molar-refractivity contribution is 7.16. The minimum absolute atomic E-state index is 0.465. The molecular weight excluding hydrogens is 316 g/mol. The number of aliphatic imine (C=N–C) groups is 1. The number of aryl methyl sites for hydroxylation is 1. The molecule has 4 aromatic rings. The molecule has 0 bridgehead atoms. The number of hydrogen-bond acceptors (Lipinski definition) is 5. The quantitative estimate of drug-likeness (QED) is 0.517. The molecule has 0 aliphatic heterocycles. The Hall–Kier alpha value is -2.92. The number of aromatic nitrogens is 3. The molecule has 4 nitrogen and oxygen atoms in total. The second kappa shape index (κ2) is 6.29. The maximum absolute atomic E-state index is 4.76. The zero-order chi connectivity index (χ0) is 16.4. The average molecular weight is 330 g/mol. The zero-order valence-electron chi connectivity index (χ0n) is 13.0. The number of nitrogens with zero attached hydrogens (tertiary/aromatic N) is 4. The van der Waals surface area contributed by atoms with E-state index in [9.17, 15) is 0 Å². The first-order valence-electron chi connectivity index (χ1n) is 7.58. The fraction of sp³-hybridized carbons (Fsp3) is 0.0526. The van der Waals surface area contributed by atoms with Crippen molar-refractivity contribution >= 4 is 33.3 Å². The van der Waals surface area contributed by atoms with Crippen LogP contribution in [0.15, 0.2) is 71.2 Å². The molecule has 0 radical (unpaired) electrons. The van der Waals surface area contributed by atoms with Gasteiger partial charge in [-0.05, 0) is 6.92 Å². The summed E-state index contributed by atoms with van der Waals surface area (Å²) in [5.74, 6) is 0.465. The molecule has 2 aromatic carbocycles. The molecule has 0 N–H and O–H groups in total. The predicted octanol–water partition coefficient (Wildman–Crippen LogP) is 4.56. The highest BCUT2D eigenvalue weighted by Gasteiger charge is 2.10. The molecule has 0 spiro atoms. The highest BCUT2D eigenvalue weighted by Crippen LogP contribution is 2.22. The van der Waals surface area contributed by atoms with Crippen molar-refractivity contribution in [1.82, 2.24) is 15.0 Å². The molecule has 0 fully saturated rings. The Bertz CT molecular complexity index is 966. The number of benzene rings is 2. The predicted molar refractivity (Wildman–Crippen MR) is 98.1 cm³/mol. The average Bonchev–Trinajstić information content (AvgIpc) is 3.10. The summed E-state index contributed by atoms with van der Waals surface area (Å²) < 4.78 is 0. The number of thiazole rings is 1. The van der Waals surface area contributed by atoms with Gasteiger partial charge < -0.3 is 0 Å². The van der Waals surface area contributed by atoms with Gasteiger partial charge in [-0.1, -0.05) is 60.7 Å². The van der Waals surface area contributed by atoms with Crippen LogP contribution < -0.4 is 0 Å². The van der Waals surface area contributed by atoms with Crippen molar-refractivity contribution in [2.45, 2.75) is 6.92 Å². The minimum atomic E-state index is 0.465. The molecule has 0 amide bonds. The van der Waals surface area contributed by atoms with E-state index in [2.05, 4.69) is 15.0 Å². The van der Waals surface area contributed by atoms with Gasteiger partial charge in [0.05, 0.1) is 16.9 Å². The van der Waals surface area contributed by atoms with Crippen LogP contribution in [0, 0.1) is 6.92 Å². The highest BCUT2D eigenvalue weighted by atomic mass is 32.1. The first-order valence-corrected chi connectivity index (χ1v) is 8.46. The standard InChI is InChI=1S/C19H14N4S/c1-13-16-18(24-12-20-16)23-19(21-13)22-17(14-8-4-2-5-9-14)15-10-6-3-7-11-15/h2-12H,1H3. The SMILES string of the molecule is Cc1nc(N=C(c2ccccc2)c2ccccc2)nc2scnc12. The van der Waals surface area contributed by atoms with Crippen LogP contribution in [-0.4, -0.2) is 20.7 Å². The van der Waals surface area contributed by atoms with E-state index >= 15 is 0 Å². The number of rotatable bonds is 3. The lowest BCUT2D eigenvalue weighted by atomic mass is 10.0. The Balaban J connectivity index is 1.90. The van der Waals surface area contributed by atoms with Gasteiger partial charge in [0.15, 0.2) is 0 Å². The van der Waals surface area contributed by atoms with Crippen molar-refractivity contribution in [1.29, 1.82) is 0 Å². The van der Waals surface area contributed by atoms with E-state index in [4.69, 9.17) is 4.99 Å². The summed E-state index contributed by atoms with van der Waals surface area (Å²) >= 11 is 1.50. The van der Waals surface area contributed by atoms with E-state index in [0.717, 1.165) is 32.9 Å². The van der Waals surface area contributed by atoms with Gasteiger partial charge in [0, 0.05) is 11.1 Å². The topological polar surface area (TPSA) is 51.0 Å². The van der Waals surface area contributed by atoms with Crippen molar-refractivity contribution in [2.75, 3.05) is 0 Å². The molecule has 0 aliphatic rings. The summed E-state index contributed by atoms with van der Waals surface area (Å²) in [4.78, 5) is 19.0. The largest absolute Gasteiger partial charge is 0.251 e. The third-order valence-electron chi connectivity index (χ3n) is 3.67. The molecule has 0 aliphatic carbocycles. The Labute approximate surface area is 143 Å². The van der Waals surface area contributed by atoms with Gasteiger partial charge in [-0.3, -0.25) is 0 Å². The Kier molecular flexibility index (Phi) is 3.84. The Morgan fingerprint density at radius 1 is 0.875 bits per heavy atom. The normalized spacial score (nSPS) is 10.7. The Morgan fingerprint density at radius 2 is 1.50 bits per heavy atom.